The molecule has 0 aromatic rings. The average molecular weight is 173 g/mol. The number of hydrogen-bond donors (Lipinski definition) is 1. The molecule has 74 valence electrons. The van der Waals surface area contributed by atoms with Gasteiger partial charge in [-0.3, -0.25) is 0 Å². The maximum absolute atomic E-state index is 4.91. The highest BCUT2D eigenvalue weighted by Crippen LogP contribution is 2.07. The first-order chi connectivity index (χ1) is 5.91. The lowest BCUT2D eigenvalue weighted by Gasteiger charge is -2.00. The molecule has 0 heterocycles. The van der Waals surface area contributed by atoms with Crippen LogP contribution in [0.3, 0.4) is 0 Å². The van der Waals surface area contributed by atoms with Gasteiger partial charge in [-0.05, 0) is 6.42 Å². The second-order valence-electron chi connectivity index (χ2n) is 3.35. The molecule has 0 aliphatic rings. The van der Waals surface area contributed by atoms with E-state index in [0.29, 0.717) is 0 Å². The minimum atomic E-state index is 0.717. The predicted octanol–water partition coefficient (Wildman–Crippen LogP) is 3.02. The van der Waals surface area contributed by atoms with Gasteiger partial charge in [0.25, 0.3) is 0 Å². The van der Waals surface area contributed by atoms with E-state index in [9.17, 15) is 0 Å². The third-order valence-corrected chi connectivity index (χ3v) is 2.12. The highest BCUT2D eigenvalue weighted by molar-refractivity contribution is 4.45. The summed E-state index contributed by atoms with van der Waals surface area (Å²) in [4.78, 5) is 4.49. The summed E-state index contributed by atoms with van der Waals surface area (Å²) in [6.07, 6.45) is 10.6. The third-order valence-electron chi connectivity index (χ3n) is 2.12. The molecule has 0 unspecified atom stereocenters. The van der Waals surface area contributed by atoms with Gasteiger partial charge in [-0.2, -0.15) is 0 Å². The van der Waals surface area contributed by atoms with E-state index in [-0.39, 0.29) is 0 Å². The average Bonchev–Trinajstić information content (AvgIpc) is 2.10. The SMILES string of the molecule is CCCCCCCCCCON. The maximum Gasteiger partial charge on any atom is 0.0679 e. The molecule has 0 aliphatic carbocycles. The van der Waals surface area contributed by atoms with Crippen molar-refractivity contribution < 1.29 is 4.84 Å². The van der Waals surface area contributed by atoms with Gasteiger partial charge in [0.2, 0.25) is 0 Å². The molecule has 0 atom stereocenters. The van der Waals surface area contributed by atoms with Crippen molar-refractivity contribution in [2.24, 2.45) is 5.90 Å². The number of nitrogens with two attached hydrogens (primary N) is 1. The molecule has 0 spiro atoms. The Labute approximate surface area is 76.4 Å². The van der Waals surface area contributed by atoms with Gasteiger partial charge < -0.3 is 4.84 Å². The molecular formula is C10H23NO. The normalized spacial score (nSPS) is 10.5. The Hall–Kier alpha value is -0.0800. The molecule has 2 heteroatoms. The molecule has 0 bridgehead atoms. The summed E-state index contributed by atoms with van der Waals surface area (Å²) in [5, 5.41) is 0. The third kappa shape index (κ3) is 9.92. The van der Waals surface area contributed by atoms with E-state index in [2.05, 4.69) is 11.8 Å². The van der Waals surface area contributed by atoms with E-state index >= 15 is 0 Å². The second-order valence-corrected chi connectivity index (χ2v) is 3.35. The first-order valence-corrected chi connectivity index (χ1v) is 5.23. The van der Waals surface area contributed by atoms with Crippen molar-refractivity contribution in [1.82, 2.24) is 0 Å². The summed E-state index contributed by atoms with van der Waals surface area (Å²) < 4.78 is 0. The fraction of sp³-hybridized carbons (Fsp3) is 1.00. The van der Waals surface area contributed by atoms with Gasteiger partial charge in [-0.25, -0.2) is 5.90 Å². The van der Waals surface area contributed by atoms with Crippen molar-refractivity contribution in [1.29, 1.82) is 0 Å². The van der Waals surface area contributed by atoms with Crippen molar-refractivity contribution in [3.63, 3.8) is 0 Å². The second kappa shape index (κ2) is 10.9. The van der Waals surface area contributed by atoms with E-state index < -0.39 is 0 Å². The van der Waals surface area contributed by atoms with Crippen LogP contribution in [-0.4, -0.2) is 6.61 Å². The lowest BCUT2D eigenvalue weighted by molar-refractivity contribution is 0.133. The lowest BCUT2D eigenvalue weighted by atomic mass is 10.1. The van der Waals surface area contributed by atoms with Gasteiger partial charge in [-0.15, -0.1) is 0 Å². The van der Waals surface area contributed by atoms with Crippen LogP contribution in [-0.2, 0) is 4.84 Å². The van der Waals surface area contributed by atoms with Crippen LogP contribution in [0.1, 0.15) is 58.3 Å². The van der Waals surface area contributed by atoms with Crippen molar-refractivity contribution in [2.45, 2.75) is 58.3 Å². The quantitative estimate of drug-likeness (QED) is 0.429. The van der Waals surface area contributed by atoms with Gasteiger partial charge in [-0.1, -0.05) is 51.9 Å². The molecule has 0 aromatic heterocycles. The Morgan fingerprint density at radius 2 is 1.33 bits per heavy atom. The van der Waals surface area contributed by atoms with Crippen molar-refractivity contribution >= 4 is 0 Å². The zero-order valence-corrected chi connectivity index (χ0v) is 8.35. The smallest absolute Gasteiger partial charge is 0.0679 e. The molecule has 0 amide bonds. The number of unbranched alkanes of at least 4 members (excludes halogenated alkanes) is 7. The standard InChI is InChI=1S/C10H23NO/c1-2-3-4-5-6-7-8-9-10-12-11/h2-11H2,1H3. The Kier molecular flexibility index (Phi) is 10.8. The Bertz CT molecular complexity index is 66.2. The maximum atomic E-state index is 4.91. The summed E-state index contributed by atoms with van der Waals surface area (Å²) in [6, 6.07) is 0. The number of rotatable bonds is 9. The Morgan fingerprint density at radius 3 is 1.83 bits per heavy atom. The topological polar surface area (TPSA) is 35.2 Å². The molecule has 0 saturated carbocycles. The van der Waals surface area contributed by atoms with E-state index in [1.165, 1.54) is 44.9 Å². The molecule has 0 aliphatic heterocycles. The van der Waals surface area contributed by atoms with Crippen molar-refractivity contribution in [2.75, 3.05) is 6.61 Å². The summed E-state index contributed by atoms with van der Waals surface area (Å²) in [7, 11) is 0. The van der Waals surface area contributed by atoms with Crippen LogP contribution in [0.4, 0.5) is 0 Å². The minimum Gasteiger partial charge on any atom is -0.305 e. The molecule has 12 heavy (non-hydrogen) atoms. The summed E-state index contributed by atoms with van der Waals surface area (Å²) in [5.74, 6) is 4.91. The molecule has 0 radical (unpaired) electrons. The van der Waals surface area contributed by atoms with E-state index in [4.69, 9.17) is 5.90 Å². The van der Waals surface area contributed by atoms with Gasteiger partial charge in [0.15, 0.2) is 0 Å². The summed E-state index contributed by atoms with van der Waals surface area (Å²) in [6.45, 7) is 2.97. The van der Waals surface area contributed by atoms with Crippen LogP contribution in [0, 0.1) is 0 Å². The molecule has 0 rings (SSSR count). The van der Waals surface area contributed by atoms with Gasteiger partial charge in [0.05, 0.1) is 6.61 Å². The molecular weight excluding hydrogens is 150 g/mol. The van der Waals surface area contributed by atoms with E-state index in [1.807, 2.05) is 0 Å². The first kappa shape index (κ1) is 11.9. The molecule has 2 N–H and O–H groups in total. The highest BCUT2D eigenvalue weighted by Gasteiger charge is 1.90. The Balaban J connectivity index is 2.73. The van der Waals surface area contributed by atoms with E-state index in [1.54, 1.807) is 0 Å². The fourth-order valence-electron chi connectivity index (χ4n) is 1.32. The fourth-order valence-corrected chi connectivity index (χ4v) is 1.32. The zero-order valence-electron chi connectivity index (χ0n) is 8.35. The van der Waals surface area contributed by atoms with Gasteiger partial charge >= 0.3 is 0 Å². The largest absolute Gasteiger partial charge is 0.305 e. The van der Waals surface area contributed by atoms with Crippen molar-refractivity contribution in [3.05, 3.63) is 0 Å². The van der Waals surface area contributed by atoms with E-state index in [0.717, 1.165) is 13.0 Å². The van der Waals surface area contributed by atoms with Crippen LogP contribution in [0.2, 0.25) is 0 Å². The van der Waals surface area contributed by atoms with Crippen LogP contribution < -0.4 is 5.90 Å². The molecule has 0 aromatic carbocycles. The van der Waals surface area contributed by atoms with Gasteiger partial charge in [0.1, 0.15) is 0 Å². The zero-order chi connectivity index (χ0) is 9.07. The minimum absolute atomic E-state index is 0.717. The summed E-state index contributed by atoms with van der Waals surface area (Å²) in [5.41, 5.74) is 0. The highest BCUT2D eigenvalue weighted by atomic mass is 16.6. The predicted molar refractivity (Wildman–Crippen MR) is 52.7 cm³/mol. The molecule has 2 nitrogen and oxygen atoms in total. The van der Waals surface area contributed by atoms with Gasteiger partial charge in [0, 0.05) is 0 Å². The van der Waals surface area contributed by atoms with Crippen LogP contribution in [0.15, 0.2) is 0 Å². The monoisotopic (exact) mass is 173 g/mol. The lowest BCUT2D eigenvalue weighted by Crippen LogP contribution is -2.00. The van der Waals surface area contributed by atoms with Crippen LogP contribution >= 0.6 is 0 Å². The molecule has 0 fully saturated rings. The van der Waals surface area contributed by atoms with Crippen LogP contribution in [0.5, 0.6) is 0 Å². The molecule has 0 saturated heterocycles. The summed E-state index contributed by atoms with van der Waals surface area (Å²) >= 11 is 0. The first-order valence-electron chi connectivity index (χ1n) is 5.23. The van der Waals surface area contributed by atoms with Crippen molar-refractivity contribution in [3.8, 4) is 0 Å². The van der Waals surface area contributed by atoms with Crippen LogP contribution in [0.25, 0.3) is 0 Å². The number of hydrogen-bond acceptors (Lipinski definition) is 2. The Morgan fingerprint density at radius 1 is 0.833 bits per heavy atom.